The van der Waals surface area contributed by atoms with E-state index in [9.17, 15) is 10.2 Å². The van der Waals surface area contributed by atoms with Gasteiger partial charge in [-0.05, 0) is 93.0 Å². The van der Waals surface area contributed by atoms with Crippen molar-refractivity contribution in [2.75, 3.05) is 6.61 Å². The van der Waals surface area contributed by atoms with Crippen molar-refractivity contribution in [1.29, 1.82) is 0 Å². The first-order valence-corrected chi connectivity index (χ1v) is 69.1. The quantitative estimate of drug-likeness (QED) is 0.0873. The molecule has 22 unspecified atom stereocenters. The fourth-order valence-corrected chi connectivity index (χ4v) is 203. The maximum Gasteiger partial charge on any atom is 0.170 e. The molecule has 2 aliphatic carbocycles. The number of ketones is 1. The van der Waals surface area contributed by atoms with Gasteiger partial charge in [0, 0.05) is 33.3 Å². The SMILES string of the molecule is CC1=CC(C)(C)C([C@@H](O)[C@@H]2[C@]3(O)CO[C@@H]3C[C@H](OP(P(P)P)P(P)P)[C@@]2(C)C(=O)[C@@H](C)OP(P(P)P)P(PP)P(P)P)C[C@@H]1OP(P(P)P(P)P)P(P(P)P)P(P)P. The van der Waals surface area contributed by atoms with E-state index in [4.69, 9.17) is 18.3 Å². The summed E-state index contributed by atoms with van der Waals surface area (Å²) in [7, 11) is 46.4. The Labute approximate surface area is 403 Å². The largest absolute Gasteiger partial charge is 0.392 e. The van der Waals surface area contributed by atoms with Crippen LogP contribution in [0.5, 0.6) is 0 Å². The smallest absolute Gasteiger partial charge is 0.170 e. The second kappa shape index (κ2) is 29.0. The van der Waals surface area contributed by atoms with Crippen LogP contribution >= 0.6 is 243 Å². The van der Waals surface area contributed by atoms with Crippen LogP contribution in [0.1, 0.15) is 47.5 Å². The average molecular weight is 1360 g/mol. The van der Waals surface area contributed by atoms with Gasteiger partial charge in [-0.25, -0.2) is 0 Å². The van der Waals surface area contributed by atoms with Gasteiger partial charge >= 0.3 is 0 Å². The first-order valence-electron chi connectivity index (χ1n) is 16.9. The molecule has 0 radical (unpaired) electrons. The summed E-state index contributed by atoms with van der Waals surface area (Å²) in [4.78, 5) is 15.7. The Bertz CT molecular complexity index is 1370. The number of aliphatic hydroxyl groups excluding tert-OH is 1. The second-order valence-electron chi connectivity index (χ2n) is 14.6. The highest BCUT2D eigenvalue weighted by molar-refractivity contribution is 9.19. The second-order valence-corrected chi connectivity index (χ2v) is 121. The molecular formula is C21H64O7P30. The van der Waals surface area contributed by atoms with E-state index in [2.05, 4.69) is 170 Å². The van der Waals surface area contributed by atoms with E-state index < -0.39 is 118 Å². The van der Waals surface area contributed by atoms with Crippen LogP contribution in [-0.2, 0) is 23.1 Å². The van der Waals surface area contributed by atoms with E-state index in [0.717, 1.165) is 0 Å². The van der Waals surface area contributed by atoms with Gasteiger partial charge in [-0.15, -0.1) is 134 Å². The van der Waals surface area contributed by atoms with E-state index in [1.165, 1.54) is 5.57 Å². The highest BCUT2D eigenvalue weighted by atomic mass is 33.2. The van der Waals surface area contributed by atoms with Crippen molar-refractivity contribution in [3.63, 3.8) is 0 Å². The van der Waals surface area contributed by atoms with Gasteiger partial charge < -0.3 is 28.5 Å². The van der Waals surface area contributed by atoms with Crippen molar-refractivity contribution in [2.24, 2.45) is 22.7 Å². The Hall–Kier alpha value is 12.1. The van der Waals surface area contributed by atoms with Crippen LogP contribution in [0.2, 0.25) is 0 Å². The molecule has 340 valence electrons. The summed E-state index contributed by atoms with van der Waals surface area (Å²) in [6, 6.07) is 0. The summed E-state index contributed by atoms with van der Waals surface area (Å²) >= 11 is 0. The monoisotopic (exact) mass is 1360 g/mol. The molecular weight excluding hydrogens is 1290 g/mol. The zero-order valence-corrected chi connectivity index (χ0v) is 63.8. The molecule has 2 fully saturated rings. The van der Waals surface area contributed by atoms with E-state index in [-0.39, 0.29) is 45.4 Å². The van der Waals surface area contributed by atoms with Crippen LogP contribution in [0.15, 0.2) is 11.6 Å². The van der Waals surface area contributed by atoms with Crippen LogP contribution in [0.25, 0.3) is 0 Å². The summed E-state index contributed by atoms with van der Waals surface area (Å²) in [5, 5.41) is 26.2. The number of aliphatic hydroxyl groups is 2. The molecule has 1 heterocycles. The molecule has 0 amide bonds. The fraction of sp³-hybridized carbons (Fsp3) is 0.857. The molecule has 0 bridgehead atoms. The van der Waals surface area contributed by atoms with Gasteiger partial charge in [0.05, 0.1) is 59.0 Å². The third-order valence-electron chi connectivity index (χ3n) is 10.3. The molecule has 0 spiro atoms. The predicted molar refractivity (Wildman–Crippen MR) is 351 cm³/mol. The van der Waals surface area contributed by atoms with Crippen LogP contribution in [0.3, 0.4) is 0 Å². The number of carbonyl (C=O) groups is 1. The van der Waals surface area contributed by atoms with Crippen LogP contribution in [0, 0.1) is 22.7 Å². The summed E-state index contributed by atoms with van der Waals surface area (Å²) in [6.07, 6.45) is 0.111. The van der Waals surface area contributed by atoms with E-state index in [1.54, 1.807) is 0 Å². The fourth-order valence-electron chi connectivity index (χ4n) is 7.69. The number of rotatable bonds is 21. The van der Waals surface area contributed by atoms with E-state index >= 15 is 4.79 Å². The number of carbonyl (C=O) groups excluding carboxylic acids is 1. The molecule has 37 heteroatoms. The Morgan fingerprint density at radius 2 is 1.34 bits per heavy atom. The third-order valence-corrected chi connectivity index (χ3v) is 151. The van der Waals surface area contributed by atoms with Gasteiger partial charge in [-0.3, -0.25) is 4.79 Å². The lowest BCUT2D eigenvalue weighted by Crippen LogP contribution is -2.77. The van der Waals surface area contributed by atoms with E-state index in [1.807, 2.05) is 13.8 Å². The standard InChI is InChI=1S/C21H64O7P30/c1-10-8-19(3,4)12(6-13(10)27-48(56(44)52(36)37)58(54(40)41)55(42)43)16(22)17-20(5,18(23)11(2)26-47(51(34)35)57(45-29)53(38)39)14(7-15-21(17,24)9-25-15)28-46(49(30)31)50(32)33/h8,11-17,22,24,45H,6-7,9,29-44H2,1-5H3/t11-,12?,13+,14+,15-,16-,17+,20-,21+,47?,48?,56?,57?/m1/s1. The van der Waals surface area contributed by atoms with Crippen LogP contribution in [0.4, 0.5) is 0 Å². The molecule has 0 aromatic heterocycles. The van der Waals surface area contributed by atoms with Gasteiger partial charge in [0.1, 0.15) is 11.7 Å². The topological polar surface area (TPSA) is 94.5 Å². The van der Waals surface area contributed by atoms with Gasteiger partial charge in [0.25, 0.3) is 0 Å². The maximum absolute atomic E-state index is 15.7. The first-order chi connectivity index (χ1) is 26.6. The zero-order chi connectivity index (χ0) is 44.6. The van der Waals surface area contributed by atoms with Gasteiger partial charge in [0.2, 0.25) is 0 Å². The van der Waals surface area contributed by atoms with Crippen LogP contribution in [-0.4, -0.2) is 58.7 Å². The molecule has 0 aromatic rings. The summed E-state index contributed by atoms with van der Waals surface area (Å²) in [6.45, 7) is 5.71. The lowest BCUT2D eigenvalue weighted by molar-refractivity contribution is -0.328. The average Bonchev–Trinajstić information content (AvgIpc) is 3.08. The van der Waals surface area contributed by atoms with Crippen molar-refractivity contribution in [3.8, 4) is 0 Å². The minimum absolute atomic E-state index is 0.0660. The summed E-state index contributed by atoms with van der Waals surface area (Å²) in [5.74, 6) is -1.28. The van der Waals surface area contributed by atoms with Crippen molar-refractivity contribution in [1.82, 2.24) is 0 Å². The number of ether oxygens (including phenoxy) is 1. The molecule has 3 rings (SSSR count). The Balaban J connectivity index is 2.22. The third kappa shape index (κ3) is 16.3. The van der Waals surface area contributed by atoms with Gasteiger partial charge in [-0.1, -0.05) is 36.8 Å². The highest BCUT2D eigenvalue weighted by Crippen LogP contribution is 3.18. The molecule has 2 N–H and O–H groups in total. The lowest BCUT2D eigenvalue weighted by Gasteiger charge is -2.64. The Morgan fingerprint density at radius 3 is 1.76 bits per heavy atom. The minimum Gasteiger partial charge on any atom is -0.392 e. The van der Waals surface area contributed by atoms with Crippen molar-refractivity contribution in [3.05, 3.63) is 11.6 Å². The van der Waals surface area contributed by atoms with E-state index in [0.29, 0.717) is 20.8 Å². The minimum atomic E-state index is -1.41. The van der Waals surface area contributed by atoms with Crippen molar-refractivity contribution >= 4 is 249 Å². The molecule has 30 atom stereocenters. The number of allylic oxidation sites excluding steroid dienone is 1. The molecule has 1 aliphatic heterocycles. The molecule has 7 nitrogen and oxygen atoms in total. The van der Waals surface area contributed by atoms with Gasteiger partial charge in [-0.2, -0.15) is 0 Å². The number of fused-ring (bicyclic) bond motifs is 1. The van der Waals surface area contributed by atoms with Crippen molar-refractivity contribution < 1.29 is 33.3 Å². The number of Topliss-reactive ketones (excluding diaryl/α,β-unsaturated/α-hetero) is 1. The molecule has 3 aliphatic rings. The maximum atomic E-state index is 15.7. The van der Waals surface area contributed by atoms with Crippen molar-refractivity contribution in [2.45, 2.75) is 83.6 Å². The summed E-state index contributed by atoms with van der Waals surface area (Å²) in [5.41, 5.74) is -1.96. The predicted octanol–water partition coefficient (Wildman–Crippen LogP) is 18.6. The highest BCUT2D eigenvalue weighted by Gasteiger charge is 2.71. The first kappa shape index (κ1) is 64.4. The molecule has 1 saturated heterocycles. The Morgan fingerprint density at radius 1 is 0.810 bits per heavy atom. The number of hydrogen-bond acceptors (Lipinski definition) is 7. The molecule has 58 heavy (non-hydrogen) atoms. The number of hydrogen-bond donors (Lipinski definition) is 2. The normalized spacial score (nSPS) is 32.5. The molecule has 1 saturated carbocycles. The summed E-state index contributed by atoms with van der Waals surface area (Å²) < 4.78 is 27.8. The van der Waals surface area contributed by atoms with Gasteiger partial charge in [0.15, 0.2) is 5.78 Å². The Kier molecular flexibility index (Phi) is 32.2. The lowest BCUT2D eigenvalue weighted by atomic mass is 9.49. The zero-order valence-electron chi connectivity index (χ0n) is 32.7. The molecule has 0 aromatic carbocycles. The van der Waals surface area contributed by atoms with Crippen LogP contribution < -0.4 is 0 Å².